The van der Waals surface area contributed by atoms with E-state index in [1.807, 2.05) is 33.4 Å². The molecule has 3 rings (SSSR count). The van der Waals surface area contributed by atoms with Crippen molar-refractivity contribution < 1.29 is 5.11 Å². The Hall–Kier alpha value is -1.79. The first-order valence-corrected chi connectivity index (χ1v) is 10.3. The predicted molar refractivity (Wildman–Crippen MR) is 115 cm³/mol. The number of aromatic nitrogens is 2. The van der Waals surface area contributed by atoms with Gasteiger partial charge in [0.15, 0.2) is 0 Å². The summed E-state index contributed by atoms with van der Waals surface area (Å²) in [4.78, 5) is 2.34. The molecule has 150 valence electrons. The van der Waals surface area contributed by atoms with Crippen molar-refractivity contribution in [1.82, 2.24) is 14.0 Å². The summed E-state index contributed by atoms with van der Waals surface area (Å²) >= 11 is 12.1. The van der Waals surface area contributed by atoms with Crippen LogP contribution in [-0.4, -0.2) is 38.8 Å². The zero-order chi connectivity index (χ0) is 20.3. The van der Waals surface area contributed by atoms with Crippen molar-refractivity contribution in [2.24, 2.45) is 0 Å². The molecule has 1 atom stereocenters. The number of fused-ring (bicyclic) bond motifs is 1. The number of nitrogens with zero attached hydrogens (tertiary/aromatic N) is 3. The van der Waals surface area contributed by atoms with Gasteiger partial charge in [-0.2, -0.15) is 0 Å². The molecule has 0 spiro atoms. The molecule has 7 heteroatoms. The first kappa shape index (κ1) is 20.9. The van der Waals surface area contributed by atoms with Crippen LogP contribution in [0, 0.1) is 5.41 Å². The maximum atomic E-state index is 10.8. The molecule has 0 radical (unpaired) electrons. The molecule has 0 saturated heterocycles. The van der Waals surface area contributed by atoms with E-state index in [1.165, 1.54) is 0 Å². The fraction of sp³-hybridized carbons (Fsp3) is 0.381. The number of nitrogens with one attached hydrogen (secondary N) is 1. The van der Waals surface area contributed by atoms with E-state index < -0.39 is 6.10 Å². The molecule has 0 fully saturated rings. The lowest BCUT2D eigenvalue weighted by atomic mass is 10.1. The zero-order valence-corrected chi connectivity index (χ0v) is 17.7. The van der Waals surface area contributed by atoms with Crippen LogP contribution in [0.15, 0.2) is 42.5 Å². The molecule has 28 heavy (non-hydrogen) atoms. The van der Waals surface area contributed by atoms with Crippen LogP contribution in [0.5, 0.6) is 0 Å². The van der Waals surface area contributed by atoms with Crippen LogP contribution >= 0.6 is 23.2 Å². The van der Waals surface area contributed by atoms with Gasteiger partial charge in [0, 0.05) is 13.1 Å². The van der Waals surface area contributed by atoms with E-state index in [2.05, 4.69) is 18.7 Å². The highest BCUT2D eigenvalue weighted by atomic mass is 35.5. The van der Waals surface area contributed by atoms with Crippen molar-refractivity contribution in [3.05, 3.63) is 63.7 Å². The number of aliphatic hydroxyl groups is 1. The third-order valence-corrected chi connectivity index (χ3v) is 5.93. The fourth-order valence-corrected chi connectivity index (χ4v) is 3.79. The van der Waals surface area contributed by atoms with E-state index >= 15 is 0 Å². The number of para-hydroxylation sites is 2. The summed E-state index contributed by atoms with van der Waals surface area (Å²) in [7, 11) is 0. The Bertz CT molecular complexity index is 1010. The Kier molecular flexibility index (Phi) is 6.83. The van der Waals surface area contributed by atoms with Crippen molar-refractivity contribution in [3.8, 4) is 0 Å². The molecule has 0 aliphatic heterocycles. The lowest BCUT2D eigenvalue weighted by Crippen LogP contribution is -2.32. The first-order chi connectivity index (χ1) is 13.5. The molecule has 2 N–H and O–H groups in total. The summed E-state index contributed by atoms with van der Waals surface area (Å²) in [5, 5.41) is 20.3. The molecular formula is C21H26Cl2N4O. The average molecular weight is 421 g/mol. The summed E-state index contributed by atoms with van der Waals surface area (Å²) in [6.07, 6.45) is -0.786. The standard InChI is InChI=1S/C21H26Cl2N4O/c1-3-25(4-2)11-12-26-18-7-5-6-8-19(18)27(21(26)24)14-20(28)15-9-10-16(22)17(23)13-15/h5-10,13,20,24,28H,3-4,11-12,14H2,1-2H3/t20-/m0/s1. The van der Waals surface area contributed by atoms with Crippen molar-refractivity contribution >= 4 is 34.2 Å². The molecule has 5 nitrogen and oxygen atoms in total. The topological polar surface area (TPSA) is 57.2 Å². The van der Waals surface area contributed by atoms with Gasteiger partial charge in [0.2, 0.25) is 5.62 Å². The van der Waals surface area contributed by atoms with E-state index in [-0.39, 0.29) is 6.54 Å². The van der Waals surface area contributed by atoms with Gasteiger partial charge in [-0.1, -0.05) is 55.2 Å². The average Bonchev–Trinajstić information content (AvgIpc) is 2.96. The fourth-order valence-electron chi connectivity index (χ4n) is 3.48. The Labute approximate surface area is 175 Å². The number of imidazole rings is 1. The van der Waals surface area contributed by atoms with Crippen molar-refractivity contribution in [2.45, 2.75) is 33.0 Å². The molecule has 0 saturated carbocycles. The van der Waals surface area contributed by atoms with Crippen LogP contribution in [0.2, 0.25) is 10.0 Å². The van der Waals surface area contributed by atoms with Gasteiger partial charge in [-0.15, -0.1) is 0 Å². The molecule has 0 unspecified atom stereocenters. The first-order valence-electron chi connectivity index (χ1n) is 9.54. The van der Waals surface area contributed by atoms with Crippen LogP contribution in [0.3, 0.4) is 0 Å². The van der Waals surface area contributed by atoms with Gasteiger partial charge in [-0.3, -0.25) is 5.41 Å². The maximum Gasteiger partial charge on any atom is 0.203 e. The summed E-state index contributed by atoms with van der Waals surface area (Å²) < 4.78 is 3.86. The van der Waals surface area contributed by atoms with Crippen molar-refractivity contribution in [2.75, 3.05) is 19.6 Å². The van der Waals surface area contributed by atoms with Crippen LogP contribution in [0.25, 0.3) is 11.0 Å². The zero-order valence-electron chi connectivity index (χ0n) is 16.2. The highest BCUT2D eigenvalue weighted by Gasteiger charge is 2.16. The number of halogens is 2. The molecule has 0 aliphatic carbocycles. The molecule has 0 amide bonds. The summed E-state index contributed by atoms with van der Waals surface area (Å²) in [5.74, 6) is 0. The highest BCUT2D eigenvalue weighted by Crippen LogP contribution is 2.26. The third-order valence-electron chi connectivity index (χ3n) is 5.19. The largest absolute Gasteiger partial charge is 0.387 e. The van der Waals surface area contributed by atoms with Gasteiger partial charge >= 0.3 is 0 Å². The number of hydrogen-bond donors (Lipinski definition) is 2. The van der Waals surface area contributed by atoms with E-state index in [1.54, 1.807) is 18.2 Å². The van der Waals surface area contributed by atoms with E-state index in [0.717, 1.165) is 37.2 Å². The Morgan fingerprint density at radius 2 is 1.64 bits per heavy atom. The van der Waals surface area contributed by atoms with E-state index in [9.17, 15) is 5.11 Å². The van der Waals surface area contributed by atoms with Crippen LogP contribution in [0.1, 0.15) is 25.5 Å². The lowest BCUT2D eigenvalue weighted by Gasteiger charge is -2.18. The number of hydrogen-bond acceptors (Lipinski definition) is 3. The maximum absolute atomic E-state index is 10.8. The van der Waals surface area contributed by atoms with Gasteiger partial charge in [0.05, 0.1) is 33.7 Å². The minimum atomic E-state index is -0.786. The second-order valence-corrected chi connectivity index (χ2v) is 7.61. The van der Waals surface area contributed by atoms with Crippen LogP contribution < -0.4 is 5.62 Å². The van der Waals surface area contributed by atoms with Gasteiger partial charge in [-0.05, 0) is 42.9 Å². The minimum Gasteiger partial charge on any atom is -0.387 e. The van der Waals surface area contributed by atoms with Crippen molar-refractivity contribution in [3.63, 3.8) is 0 Å². The second kappa shape index (κ2) is 9.14. The van der Waals surface area contributed by atoms with Gasteiger partial charge in [0.25, 0.3) is 0 Å². The number of likely N-dealkylation sites (N-methyl/N-ethyl adjacent to an activating group) is 1. The normalized spacial score (nSPS) is 12.8. The monoisotopic (exact) mass is 420 g/mol. The molecule has 1 aromatic heterocycles. The molecular weight excluding hydrogens is 395 g/mol. The van der Waals surface area contributed by atoms with Gasteiger partial charge in [0.1, 0.15) is 0 Å². The highest BCUT2D eigenvalue weighted by molar-refractivity contribution is 6.42. The molecule has 0 aliphatic rings. The Morgan fingerprint density at radius 3 is 2.25 bits per heavy atom. The van der Waals surface area contributed by atoms with Gasteiger partial charge < -0.3 is 19.1 Å². The summed E-state index contributed by atoms with van der Waals surface area (Å²) in [6.45, 7) is 8.15. The molecule has 2 aromatic carbocycles. The van der Waals surface area contributed by atoms with Crippen molar-refractivity contribution in [1.29, 1.82) is 5.41 Å². The number of benzene rings is 2. The third kappa shape index (κ3) is 4.28. The Morgan fingerprint density at radius 1 is 1.00 bits per heavy atom. The van der Waals surface area contributed by atoms with E-state index in [0.29, 0.717) is 21.2 Å². The van der Waals surface area contributed by atoms with E-state index in [4.69, 9.17) is 28.6 Å². The number of rotatable bonds is 8. The van der Waals surface area contributed by atoms with Gasteiger partial charge in [-0.25, -0.2) is 0 Å². The quantitative estimate of drug-likeness (QED) is 0.570. The lowest BCUT2D eigenvalue weighted by molar-refractivity contribution is 0.155. The molecule has 3 aromatic rings. The molecule has 1 heterocycles. The van der Waals surface area contributed by atoms with Crippen LogP contribution in [-0.2, 0) is 13.1 Å². The summed E-state index contributed by atoms with van der Waals surface area (Å²) in [5.41, 5.74) is 3.00. The number of aliphatic hydroxyl groups excluding tert-OH is 1. The molecule has 0 bridgehead atoms. The second-order valence-electron chi connectivity index (χ2n) is 6.79. The summed E-state index contributed by atoms with van der Waals surface area (Å²) in [6, 6.07) is 13.1. The van der Waals surface area contributed by atoms with Crippen LogP contribution in [0.4, 0.5) is 0 Å². The Balaban J connectivity index is 1.93. The minimum absolute atomic E-state index is 0.273. The smallest absolute Gasteiger partial charge is 0.203 e. The SMILES string of the molecule is CCN(CC)CCn1c(=N)n(C[C@H](O)c2ccc(Cl)c(Cl)c2)c2ccccc21. The predicted octanol–water partition coefficient (Wildman–Crippen LogP) is 4.30.